The maximum Gasteiger partial charge on any atom is 0.0396 e. The summed E-state index contributed by atoms with van der Waals surface area (Å²) in [5.74, 6) is 0. The molecule has 0 bridgehead atoms. The molecule has 84 valence electrons. The molecule has 0 aliphatic rings. The van der Waals surface area contributed by atoms with E-state index < -0.39 is 0 Å². The summed E-state index contributed by atoms with van der Waals surface area (Å²) in [6.07, 6.45) is 2.30. The third-order valence-corrected chi connectivity index (χ3v) is 3.22. The predicted molar refractivity (Wildman–Crippen MR) is 71.8 cm³/mol. The molecule has 0 aliphatic heterocycles. The van der Waals surface area contributed by atoms with Crippen LogP contribution >= 0.6 is 0 Å². The van der Waals surface area contributed by atoms with Crippen LogP contribution in [0.15, 0.2) is 24.3 Å². The van der Waals surface area contributed by atoms with E-state index in [0.717, 1.165) is 12.1 Å². The summed E-state index contributed by atoms with van der Waals surface area (Å²) in [6.45, 7) is 6.52. The van der Waals surface area contributed by atoms with Crippen molar-refractivity contribution in [3.63, 3.8) is 0 Å². The van der Waals surface area contributed by atoms with Gasteiger partial charge in [0.25, 0.3) is 0 Å². The van der Waals surface area contributed by atoms with Crippen molar-refractivity contribution in [3.05, 3.63) is 41.0 Å². The van der Waals surface area contributed by atoms with Gasteiger partial charge in [-0.05, 0) is 48.4 Å². The van der Waals surface area contributed by atoms with Gasteiger partial charge in [-0.25, -0.2) is 0 Å². The van der Waals surface area contributed by atoms with Crippen LogP contribution in [0, 0.1) is 13.8 Å². The fourth-order valence-electron chi connectivity index (χ4n) is 2.43. The molecule has 1 nitrogen and oxygen atoms in total. The van der Waals surface area contributed by atoms with Crippen molar-refractivity contribution in [1.82, 2.24) is 0 Å². The average Bonchev–Trinajstić information content (AvgIpc) is 2.26. The highest BCUT2D eigenvalue weighted by Gasteiger charge is 2.08. The van der Waals surface area contributed by atoms with E-state index in [9.17, 15) is 0 Å². The van der Waals surface area contributed by atoms with E-state index in [4.69, 9.17) is 5.73 Å². The lowest BCUT2D eigenvalue weighted by Gasteiger charge is -2.13. The van der Waals surface area contributed by atoms with Gasteiger partial charge in [-0.15, -0.1) is 0 Å². The van der Waals surface area contributed by atoms with Crippen LogP contribution in [0.5, 0.6) is 0 Å². The summed E-state index contributed by atoms with van der Waals surface area (Å²) >= 11 is 0. The van der Waals surface area contributed by atoms with Gasteiger partial charge in [0.05, 0.1) is 0 Å². The van der Waals surface area contributed by atoms with Gasteiger partial charge in [0.2, 0.25) is 0 Å². The molecule has 0 aromatic heterocycles. The second-order valence-corrected chi connectivity index (χ2v) is 4.51. The number of benzene rings is 2. The largest absolute Gasteiger partial charge is 0.398 e. The van der Waals surface area contributed by atoms with Crippen molar-refractivity contribution in [2.24, 2.45) is 0 Å². The Morgan fingerprint density at radius 3 is 2.25 bits per heavy atom. The highest BCUT2D eigenvalue weighted by molar-refractivity contribution is 5.99. The van der Waals surface area contributed by atoms with E-state index in [1.807, 2.05) is 6.07 Å². The molecular formula is C15H19N. The number of hydrogen-bond donors (Lipinski definition) is 1. The zero-order valence-electron chi connectivity index (χ0n) is 10.3. The van der Waals surface area contributed by atoms with Crippen molar-refractivity contribution in [2.75, 3.05) is 5.73 Å². The summed E-state index contributed by atoms with van der Waals surface area (Å²) in [7, 11) is 0. The minimum Gasteiger partial charge on any atom is -0.398 e. The molecule has 0 atom stereocenters. The normalized spacial score (nSPS) is 10.9. The highest BCUT2D eigenvalue weighted by Crippen LogP contribution is 2.31. The molecule has 0 amide bonds. The lowest BCUT2D eigenvalue weighted by molar-refractivity contribution is 0.928. The molecule has 0 heterocycles. The zero-order chi connectivity index (χ0) is 11.7. The quantitative estimate of drug-likeness (QED) is 0.750. The standard InChI is InChI=1S/C15H19N/c1-4-5-12-8-6-11(3)15-13(16)9-7-10(2)14(12)15/h6-9H,4-5,16H2,1-3H3. The number of hydrogen-bond acceptors (Lipinski definition) is 1. The van der Waals surface area contributed by atoms with Crippen LogP contribution in [0.3, 0.4) is 0 Å². The van der Waals surface area contributed by atoms with Gasteiger partial charge < -0.3 is 5.73 Å². The topological polar surface area (TPSA) is 26.0 Å². The van der Waals surface area contributed by atoms with Crippen molar-refractivity contribution in [2.45, 2.75) is 33.6 Å². The minimum absolute atomic E-state index is 0.899. The molecule has 0 saturated carbocycles. The monoisotopic (exact) mass is 213 g/mol. The van der Waals surface area contributed by atoms with Crippen LogP contribution in [0.4, 0.5) is 5.69 Å². The van der Waals surface area contributed by atoms with Gasteiger partial charge in [0.1, 0.15) is 0 Å². The Bertz CT molecular complexity index is 518. The smallest absolute Gasteiger partial charge is 0.0396 e. The van der Waals surface area contributed by atoms with Crippen molar-refractivity contribution in [3.8, 4) is 0 Å². The Labute approximate surface area is 97.3 Å². The number of nitrogens with two attached hydrogens (primary N) is 1. The van der Waals surface area contributed by atoms with Gasteiger partial charge in [-0.2, -0.15) is 0 Å². The van der Waals surface area contributed by atoms with Crippen LogP contribution in [-0.4, -0.2) is 0 Å². The first kappa shape index (κ1) is 11.0. The SMILES string of the molecule is CCCc1ccc(C)c2c(N)ccc(C)c12. The van der Waals surface area contributed by atoms with Gasteiger partial charge in [0.15, 0.2) is 0 Å². The first-order valence-electron chi connectivity index (χ1n) is 5.92. The number of anilines is 1. The molecule has 1 heteroatoms. The molecule has 0 fully saturated rings. The van der Waals surface area contributed by atoms with Crippen molar-refractivity contribution >= 4 is 16.5 Å². The lowest BCUT2D eigenvalue weighted by Crippen LogP contribution is -1.95. The second-order valence-electron chi connectivity index (χ2n) is 4.51. The Morgan fingerprint density at radius 2 is 1.56 bits per heavy atom. The summed E-state index contributed by atoms with van der Waals surface area (Å²) in [6, 6.07) is 8.56. The van der Waals surface area contributed by atoms with E-state index >= 15 is 0 Å². The van der Waals surface area contributed by atoms with Crippen LogP contribution in [0.2, 0.25) is 0 Å². The van der Waals surface area contributed by atoms with Crippen molar-refractivity contribution < 1.29 is 0 Å². The van der Waals surface area contributed by atoms with Gasteiger partial charge in [-0.1, -0.05) is 31.5 Å². The fourth-order valence-corrected chi connectivity index (χ4v) is 2.43. The summed E-state index contributed by atoms with van der Waals surface area (Å²) in [4.78, 5) is 0. The zero-order valence-corrected chi connectivity index (χ0v) is 10.3. The van der Waals surface area contributed by atoms with E-state index in [0.29, 0.717) is 0 Å². The van der Waals surface area contributed by atoms with E-state index in [1.165, 1.54) is 33.9 Å². The van der Waals surface area contributed by atoms with Crippen LogP contribution in [-0.2, 0) is 6.42 Å². The summed E-state index contributed by atoms with van der Waals surface area (Å²) < 4.78 is 0. The first-order valence-corrected chi connectivity index (χ1v) is 5.92. The molecular weight excluding hydrogens is 194 g/mol. The molecule has 2 N–H and O–H groups in total. The third kappa shape index (κ3) is 1.67. The fraction of sp³-hybridized carbons (Fsp3) is 0.333. The van der Waals surface area contributed by atoms with E-state index in [1.54, 1.807) is 0 Å². The van der Waals surface area contributed by atoms with E-state index in [2.05, 4.69) is 39.0 Å². The summed E-state index contributed by atoms with van der Waals surface area (Å²) in [5, 5.41) is 2.60. The molecule has 0 aliphatic carbocycles. The molecule has 16 heavy (non-hydrogen) atoms. The molecule has 2 rings (SSSR count). The molecule has 0 spiro atoms. The second kappa shape index (κ2) is 4.17. The van der Waals surface area contributed by atoms with Gasteiger partial charge in [0, 0.05) is 11.1 Å². The number of nitrogen functional groups attached to an aromatic ring is 1. The number of fused-ring (bicyclic) bond motifs is 1. The Hall–Kier alpha value is -1.50. The first-order chi connectivity index (χ1) is 7.65. The van der Waals surface area contributed by atoms with Gasteiger partial charge >= 0.3 is 0 Å². The highest BCUT2D eigenvalue weighted by atomic mass is 14.6. The molecule has 0 unspecified atom stereocenters. The van der Waals surface area contributed by atoms with Crippen LogP contribution < -0.4 is 5.73 Å². The number of rotatable bonds is 2. The molecule has 0 saturated heterocycles. The van der Waals surface area contributed by atoms with E-state index in [-0.39, 0.29) is 0 Å². The molecule has 0 radical (unpaired) electrons. The van der Waals surface area contributed by atoms with Crippen molar-refractivity contribution in [1.29, 1.82) is 0 Å². The molecule has 2 aromatic carbocycles. The Balaban J connectivity index is 2.86. The maximum absolute atomic E-state index is 6.09. The predicted octanol–water partition coefficient (Wildman–Crippen LogP) is 3.99. The Morgan fingerprint density at radius 1 is 0.938 bits per heavy atom. The Kier molecular flexibility index (Phi) is 2.86. The average molecular weight is 213 g/mol. The third-order valence-electron chi connectivity index (χ3n) is 3.22. The summed E-state index contributed by atoms with van der Waals surface area (Å²) in [5.41, 5.74) is 11.0. The lowest BCUT2D eigenvalue weighted by atomic mass is 9.93. The minimum atomic E-state index is 0.899. The molecule has 2 aromatic rings. The van der Waals surface area contributed by atoms with Crippen LogP contribution in [0.1, 0.15) is 30.0 Å². The number of aryl methyl sites for hydroxylation is 3. The van der Waals surface area contributed by atoms with Gasteiger partial charge in [-0.3, -0.25) is 0 Å². The van der Waals surface area contributed by atoms with Crippen LogP contribution in [0.25, 0.3) is 10.8 Å². The maximum atomic E-state index is 6.09.